The molecule has 0 aliphatic heterocycles. The summed E-state index contributed by atoms with van der Waals surface area (Å²) in [5.74, 6) is -0.898. The van der Waals surface area contributed by atoms with E-state index in [1.807, 2.05) is 42.5 Å². The fraction of sp³-hybridized carbons (Fsp3) is 0.333. The quantitative estimate of drug-likeness (QED) is 0.340. The topological polar surface area (TPSA) is 84.9 Å². The molecule has 0 heterocycles. The highest BCUT2D eigenvalue weighted by molar-refractivity contribution is 5.83. The van der Waals surface area contributed by atoms with E-state index in [1.54, 1.807) is 19.1 Å². The number of ether oxygens (including phenoxy) is 2. The van der Waals surface area contributed by atoms with Gasteiger partial charge in [0.05, 0.1) is 5.92 Å². The summed E-state index contributed by atoms with van der Waals surface area (Å²) in [5, 5.41) is 12.3. The Labute approximate surface area is 213 Å². The van der Waals surface area contributed by atoms with Gasteiger partial charge in [0.1, 0.15) is 12.4 Å². The van der Waals surface area contributed by atoms with Crippen LogP contribution in [0.4, 0.5) is 0 Å². The predicted octanol–water partition coefficient (Wildman–Crippen LogP) is 4.80. The second-order valence-electron chi connectivity index (χ2n) is 8.62. The minimum absolute atomic E-state index is 0.0796. The first kappa shape index (κ1) is 27.0. The van der Waals surface area contributed by atoms with Crippen LogP contribution in [0.3, 0.4) is 0 Å². The van der Waals surface area contributed by atoms with Gasteiger partial charge in [-0.05, 0) is 54.2 Å². The first-order valence-electron chi connectivity index (χ1n) is 12.5. The number of carbonyl (C=O) groups is 2. The number of aryl methyl sites for hydroxylation is 1. The van der Waals surface area contributed by atoms with E-state index < -0.39 is 18.0 Å². The highest BCUT2D eigenvalue weighted by atomic mass is 16.5. The van der Waals surface area contributed by atoms with Gasteiger partial charge in [-0.1, -0.05) is 73.7 Å². The van der Waals surface area contributed by atoms with Crippen LogP contribution in [0.25, 0.3) is 0 Å². The molecule has 2 unspecified atom stereocenters. The summed E-state index contributed by atoms with van der Waals surface area (Å²) < 4.78 is 11.3. The van der Waals surface area contributed by atoms with Crippen LogP contribution in [0.1, 0.15) is 42.0 Å². The molecule has 6 heteroatoms. The minimum Gasteiger partial charge on any atom is -0.492 e. The van der Waals surface area contributed by atoms with E-state index in [0.717, 1.165) is 24.0 Å². The van der Waals surface area contributed by atoms with Gasteiger partial charge in [0, 0.05) is 19.6 Å². The summed E-state index contributed by atoms with van der Waals surface area (Å²) in [6, 6.07) is 25.3. The third-order valence-electron chi connectivity index (χ3n) is 6.07. The molecule has 0 aliphatic rings. The Bertz CT molecular complexity index is 1080. The molecule has 0 aliphatic carbocycles. The summed E-state index contributed by atoms with van der Waals surface area (Å²) in [4.78, 5) is 24.4. The summed E-state index contributed by atoms with van der Waals surface area (Å²) in [6.45, 7) is 4.98. The highest BCUT2D eigenvalue weighted by Crippen LogP contribution is 2.20. The fourth-order valence-electron chi connectivity index (χ4n) is 3.94. The van der Waals surface area contributed by atoms with E-state index in [0.29, 0.717) is 18.9 Å². The van der Waals surface area contributed by atoms with E-state index in [-0.39, 0.29) is 18.9 Å². The van der Waals surface area contributed by atoms with Crippen molar-refractivity contribution >= 4 is 11.9 Å². The number of amides is 1. The number of rotatable bonds is 14. The smallest absolute Gasteiger partial charge is 0.333 e. The number of hydrogen-bond acceptors (Lipinski definition) is 4. The summed E-state index contributed by atoms with van der Waals surface area (Å²) in [7, 11) is 0. The zero-order valence-electron chi connectivity index (χ0n) is 21.0. The molecule has 1 amide bonds. The summed E-state index contributed by atoms with van der Waals surface area (Å²) in [6.07, 6.45) is 1.17. The van der Waals surface area contributed by atoms with Gasteiger partial charge in [0.2, 0.25) is 5.91 Å². The Morgan fingerprint density at radius 3 is 2.11 bits per heavy atom. The molecule has 190 valence electrons. The van der Waals surface area contributed by atoms with Crippen molar-refractivity contribution in [3.63, 3.8) is 0 Å². The van der Waals surface area contributed by atoms with E-state index in [2.05, 4.69) is 36.5 Å². The van der Waals surface area contributed by atoms with Gasteiger partial charge in [0.15, 0.2) is 6.10 Å². The lowest BCUT2D eigenvalue weighted by atomic mass is 9.99. The van der Waals surface area contributed by atoms with Crippen molar-refractivity contribution < 1.29 is 24.2 Å². The van der Waals surface area contributed by atoms with Gasteiger partial charge in [0.25, 0.3) is 0 Å². The number of carboxylic acid groups (broad SMARTS) is 1. The van der Waals surface area contributed by atoms with Gasteiger partial charge in [-0.3, -0.25) is 4.79 Å². The monoisotopic (exact) mass is 489 g/mol. The van der Waals surface area contributed by atoms with E-state index in [4.69, 9.17) is 9.47 Å². The molecule has 6 nitrogen and oxygen atoms in total. The lowest BCUT2D eigenvalue weighted by molar-refractivity contribution is -0.150. The fourth-order valence-corrected chi connectivity index (χ4v) is 3.94. The molecule has 0 saturated heterocycles. The van der Waals surface area contributed by atoms with Crippen LogP contribution in [0.2, 0.25) is 0 Å². The predicted molar refractivity (Wildman–Crippen MR) is 140 cm³/mol. The van der Waals surface area contributed by atoms with Crippen molar-refractivity contribution in [1.82, 2.24) is 5.32 Å². The molecule has 36 heavy (non-hydrogen) atoms. The molecule has 2 N–H and O–H groups in total. The van der Waals surface area contributed by atoms with Crippen LogP contribution in [0.5, 0.6) is 5.75 Å². The highest BCUT2D eigenvalue weighted by Gasteiger charge is 2.22. The zero-order chi connectivity index (χ0) is 25.8. The average Bonchev–Trinajstić information content (AvgIpc) is 2.90. The van der Waals surface area contributed by atoms with Crippen molar-refractivity contribution in [1.29, 1.82) is 0 Å². The first-order valence-corrected chi connectivity index (χ1v) is 12.5. The standard InChI is InChI=1S/C30H35NO5/c1-3-22-10-12-23(13-11-22)18-19-31-29(32)27(25-8-6-5-7-9-25)21-36-26-16-14-24(15-17-26)20-28(30(33)34)35-4-2/h5-17,27-28H,3-4,18-21H2,1-2H3,(H,31,32)(H,33,34). The van der Waals surface area contributed by atoms with Crippen molar-refractivity contribution in [3.05, 3.63) is 101 Å². The molecule has 0 radical (unpaired) electrons. The Morgan fingerprint density at radius 2 is 1.50 bits per heavy atom. The van der Waals surface area contributed by atoms with Gasteiger partial charge in [-0.25, -0.2) is 4.79 Å². The molecule has 2 atom stereocenters. The lowest BCUT2D eigenvalue weighted by Gasteiger charge is -2.18. The van der Waals surface area contributed by atoms with E-state index >= 15 is 0 Å². The van der Waals surface area contributed by atoms with Crippen LogP contribution < -0.4 is 10.1 Å². The number of carboxylic acids is 1. The number of carbonyl (C=O) groups excluding carboxylic acids is 1. The minimum atomic E-state index is -0.980. The number of benzene rings is 3. The summed E-state index contributed by atoms with van der Waals surface area (Å²) >= 11 is 0. The Balaban J connectivity index is 1.58. The maximum absolute atomic E-state index is 13.1. The number of nitrogens with one attached hydrogen (secondary N) is 1. The zero-order valence-corrected chi connectivity index (χ0v) is 21.0. The SMILES string of the molecule is CCOC(Cc1ccc(OCC(C(=O)NCCc2ccc(CC)cc2)c2ccccc2)cc1)C(=O)O. The normalized spacial score (nSPS) is 12.5. The second kappa shape index (κ2) is 14.0. The Kier molecular flexibility index (Phi) is 10.5. The molecule has 3 rings (SSSR count). The van der Waals surface area contributed by atoms with Gasteiger partial charge in [-0.15, -0.1) is 0 Å². The number of hydrogen-bond donors (Lipinski definition) is 2. The van der Waals surface area contributed by atoms with Crippen LogP contribution >= 0.6 is 0 Å². The first-order chi connectivity index (χ1) is 17.5. The Hall–Kier alpha value is -3.64. The van der Waals surface area contributed by atoms with E-state index in [9.17, 15) is 14.7 Å². The van der Waals surface area contributed by atoms with Crippen molar-refractivity contribution in [2.75, 3.05) is 19.8 Å². The molecule has 0 bridgehead atoms. The van der Waals surface area contributed by atoms with Gasteiger partial charge < -0.3 is 19.9 Å². The third-order valence-corrected chi connectivity index (χ3v) is 6.07. The van der Waals surface area contributed by atoms with Crippen molar-refractivity contribution in [2.45, 2.75) is 45.1 Å². The van der Waals surface area contributed by atoms with Gasteiger partial charge in [-0.2, -0.15) is 0 Å². The summed E-state index contributed by atoms with van der Waals surface area (Å²) in [5.41, 5.74) is 4.22. The lowest BCUT2D eigenvalue weighted by Crippen LogP contribution is -2.34. The maximum atomic E-state index is 13.1. The van der Waals surface area contributed by atoms with Crippen LogP contribution in [-0.4, -0.2) is 42.8 Å². The molecular weight excluding hydrogens is 454 g/mol. The third kappa shape index (κ3) is 8.24. The largest absolute Gasteiger partial charge is 0.492 e. The maximum Gasteiger partial charge on any atom is 0.333 e. The molecular formula is C30H35NO5. The molecule has 0 saturated carbocycles. The van der Waals surface area contributed by atoms with Crippen LogP contribution in [0, 0.1) is 0 Å². The molecule has 3 aromatic rings. The van der Waals surface area contributed by atoms with Crippen molar-refractivity contribution in [3.8, 4) is 5.75 Å². The van der Waals surface area contributed by atoms with Gasteiger partial charge >= 0.3 is 5.97 Å². The van der Waals surface area contributed by atoms with Crippen molar-refractivity contribution in [2.24, 2.45) is 0 Å². The molecule has 0 spiro atoms. The van der Waals surface area contributed by atoms with Crippen LogP contribution in [-0.2, 0) is 33.6 Å². The van der Waals surface area contributed by atoms with Crippen LogP contribution in [0.15, 0.2) is 78.9 Å². The van der Waals surface area contributed by atoms with E-state index in [1.165, 1.54) is 11.1 Å². The molecule has 0 fully saturated rings. The Morgan fingerprint density at radius 1 is 0.861 bits per heavy atom. The molecule has 3 aromatic carbocycles. The second-order valence-corrected chi connectivity index (χ2v) is 8.62. The number of aliphatic carboxylic acids is 1. The molecule has 0 aromatic heterocycles. The average molecular weight is 490 g/mol.